The lowest BCUT2D eigenvalue weighted by Crippen LogP contribution is -2.48. The molecule has 1 amide bonds. The Morgan fingerprint density at radius 3 is 2.50 bits per heavy atom. The summed E-state index contributed by atoms with van der Waals surface area (Å²) in [5.74, 6) is -0.336. The fourth-order valence-corrected chi connectivity index (χ4v) is 3.71. The molecule has 1 aromatic heterocycles. The zero-order valence-corrected chi connectivity index (χ0v) is 16.4. The zero-order valence-electron chi connectivity index (χ0n) is 15.7. The Kier molecular flexibility index (Phi) is 5.29. The SMILES string of the molecule is Cc1nc2cc(F)ccc2cc1C(=O)N1CCN(Cc2ccc(Cl)cc2)CC1. The Bertz CT molecular complexity index is 1010. The zero-order chi connectivity index (χ0) is 19.7. The quantitative estimate of drug-likeness (QED) is 0.661. The van der Waals surface area contributed by atoms with Crippen LogP contribution in [0.2, 0.25) is 5.02 Å². The average Bonchev–Trinajstić information content (AvgIpc) is 2.69. The van der Waals surface area contributed by atoms with E-state index >= 15 is 0 Å². The lowest BCUT2D eigenvalue weighted by atomic mass is 10.1. The number of carbonyl (C=O) groups excluding carboxylic acids is 1. The first-order valence-corrected chi connectivity index (χ1v) is 9.70. The van der Waals surface area contributed by atoms with Gasteiger partial charge in [0.1, 0.15) is 5.82 Å². The minimum atomic E-state index is -0.324. The molecule has 3 aromatic rings. The fourth-order valence-electron chi connectivity index (χ4n) is 3.58. The second-order valence-corrected chi connectivity index (χ2v) is 7.59. The van der Waals surface area contributed by atoms with Gasteiger partial charge in [-0.25, -0.2) is 4.39 Å². The van der Waals surface area contributed by atoms with Crippen LogP contribution in [0.4, 0.5) is 4.39 Å². The van der Waals surface area contributed by atoms with Crippen LogP contribution >= 0.6 is 11.6 Å². The second-order valence-electron chi connectivity index (χ2n) is 7.15. The number of benzene rings is 2. The Morgan fingerprint density at radius 1 is 1.07 bits per heavy atom. The topological polar surface area (TPSA) is 36.4 Å². The number of piperazine rings is 1. The highest BCUT2D eigenvalue weighted by Gasteiger charge is 2.24. The van der Waals surface area contributed by atoms with E-state index in [1.165, 1.54) is 17.7 Å². The number of aromatic nitrogens is 1. The molecule has 0 spiro atoms. The molecule has 144 valence electrons. The first-order valence-electron chi connectivity index (χ1n) is 9.32. The minimum Gasteiger partial charge on any atom is -0.336 e. The van der Waals surface area contributed by atoms with Crippen molar-refractivity contribution in [2.24, 2.45) is 0 Å². The van der Waals surface area contributed by atoms with E-state index in [2.05, 4.69) is 9.88 Å². The lowest BCUT2D eigenvalue weighted by Gasteiger charge is -2.35. The molecule has 0 aliphatic carbocycles. The molecule has 6 heteroatoms. The predicted molar refractivity (Wildman–Crippen MR) is 109 cm³/mol. The number of nitrogens with zero attached hydrogens (tertiary/aromatic N) is 3. The summed E-state index contributed by atoms with van der Waals surface area (Å²) >= 11 is 5.94. The van der Waals surface area contributed by atoms with Crippen LogP contribution in [0.1, 0.15) is 21.6 Å². The number of pyridine rings is 1. The van der Waals surface area contributed by atoms with Crippen molar-refractivity contribution in [3.05, 3.63) is 76.2 Å². The number of rotatable bonds is 3. The van der Waals surface area contributed by atoms with E-state index in [4.69, 9.17) is 11.6 Å². The second kappa shape index (κ2) is 7.86. The maximum Gasteiger partial charge on any atom is 0.255 e. The molecule has 0 saturated carbocycles. The van der Waals surface area contributed by atoms with Crippen molar-refractivity contribution in [2.75, 3.05) is 26.2 Å². The summed E-state index contributed by atoms with van der Waals surface area (Å²) in [6.07, 6.45) is 0. The number of carbonyl (C=O) groups is 1. The molecule has 2 aromatic carbocycles. The number of halogens is 2. The summed E-state index contributed by atoms with van der Waals surface area (Å²) in [6.45, 7) is 5.63. The van der Waals surface area contributed by atoms with Gasteiger partial charge in [-0.2, -0.15) is 0 Å². The largest absolute Gasteiger partial charge is 0.336 e. The van der Waals surface area contributed by atoms with Crippen molar-refractivity contribution >= 4 is 28.4 Å². The highest BCUT2D eigenvalue weighted by atomic mass is 35.5. The van der Waals surface area contributed by atoms with Crippen LogP contribution in [0, 0.1) is 12.7 Å². The molecular weight excluding hydrogens is 377 g/mol. The van der Waals surface area contributed by atoms with Crippen molar-refractivity contribution in [3.63, 3.8) is 0 Å². The number of hydrogen-bond acceptors (Lipinski definition) is 3. The molecule has 0 atom stereocenters. The molecule has 1 aliphatic heterocycles. The molecule has 28 heavy (non-hydrogen) atoms. The first kappa shape index (κ1) is 18.8. The molecule has 4 rings (SSSR count). The van der Waals surface area contributed by atoms with Crippen LogP contribution in [0.5, 0.6) is 0 Å². The molecule has 0 unspecified atom stereocenters. The van der Waals surface area contributed by atoms with Gasteiger partial charge in [0.15, 0.2) is 0 Å². The van der Waals surface area contributed by atoms with Crippen LogP contribution in [-0.2, 0) is 6.54 Å². The highest BCUT2D eigenvalue weighted by molar-refractivity contribution is 6.30. The smallest absolute Gasteiger partial charge is 0.255 e. The van der Waals surface area contributed by atoms with Gasteiger partial charge in [0, 0.05) is 49.2 Å². The van der Waals surface area contributed by atoms with Gasteiger partial charge < -0.3 is 4.90 Å². The van der Waals surface area contributed by atoms with Gasteiger partial charge in [-0.3, -0.25) is 14.7 Å². The van der Waals surface area contributed by atoms with E-state index in [0.29, 0.717) is 29.9 Å². The molecular formula is C22H21ClFN3O. The van der Waals surface area contributed by atoms with E-state index in [0.717, 1.165) is 30.0 Å². The number of fused-ring (bicyclic) bond motifs is 1. The maximum atomic E-state index is 13.4. The standard InChI is InChI=1S/C22H21ClFN3O/c1-15-20(12-17-4-7-19(24)13-21(17)25-15)22(28)27-10-8-26(9-11-27)14-16-2-5-18(23)6-3-16/h2-7,12-13H,8-11,14H2,1H3. The van der Waals surface area contributed by atoms with Gasteiger partial charge in [-0.1, -0.05) is 23.7 Å². The van der Waals surface area contributed by atoms with Crippen molar-refractivity contribution < 1.29 is 9.18 Å². The first-order chi connectivity index (χ1) is 13.5. The summed E-state index contributed by atoms with van der Waals surface area (Å²) in [5.41, 5.74) is 3.00. The number of hydrogen-bond donors (Lipinski definition) is 0. The Balaban J connectivity index is 1.43. The monoisotopic (exact) mass is 397 g/mol. The normalized spacial score (nSPS) is 15.2. The molecule has 1 aliphatic rings. The van der Waals surface area contributed by atoms with Gasteiger partial charge in [0.25, 0.3) is 5.91 Å². The summed E-state index contributed by atoms with van der Waals surface area (Å²) in [4.78, 5) is 21.6. The van der Waals surface area contributed by atoms with Gasteiger partial charge >= 0.3 is 0 Å². The lowest BCUT2D eigenvalue weighted by molar-refractivity contribution is 0.0627. The van der Waals surface area contributed by atoms with Crippen LogP contribution in [0.15, 0.2) is 48.5 Å². The van der Waals surface area contributed by atoms with E-state index in [-0.39, 0.29) is 11.7 Å². The van der Waals surface area contributed by atoms with Crippen LogP contribution in [0.3, 0.4) is 0 Å². The third kappa shape index (κ3) is 4.01. The summed E-state index contributed by atoms with van der Waals surface area (Å²) in [6, 6.07) is 14.1. The van der Waals surface area contributed by atoms with Crippen LogP contribution in [0.25, 0.3) is 10.9 Å². The van der Waals surface area contributed by atoms with Crippen molar-refractivity contribution in [3.8, 4) is 0 Å². The summed E-state index contributed by atoms with van der Waals surface area (Å²) in [5, 5.41) is 1.51. The molecule has 4 nitrogen and oxygen atoms in total. The van der Waals surface area contributed by atoms with Crippen molar-refractivity contribution in [2.45, 2.75) is 13.5 Å². The fraction of sp³-hybridized carbons (Fsp3) is 0.273. The minimum absolute atomic E-state index is 0.0117. The number of amides is 1. The summed E-state index contributed by atoms with van der Waals surface area (Å²) in [7, 11) is 0. The van der Waals surface area contributed by atoms with Gasteiger partial charge in [0.2, 0.25) is 0 Å². The highest BCUT2D eigenvalue weighted by Crippen LogP contribution is 2.20. The molecule has 1 saturated heterocycles. The van der Waals surface area contributed by atoms with E-state index in [9.17, 15) is 9.18 Å². The number of aryl methyl sites for hydroxylation is 1. The van der Waals surface area contributed by atoms with Crippen LogP contribution in [-0.4, -0.2) is 46.9 Å². The van der Waals surface area contributed by atoms with Crippen LogP contribution < -0.4 is 0 Å². The van der Waals surface area contributed by atoms with Crippen molar-refractivity contribution in [1.29, 1.82) is 0 Å². The molecule has 0 N–H and O–H groups in total. The predicted octanol–water partition coefficient (Wildman–Crippen LogP) is 4.29. The molecule has 1 fully saturated rings. The molecule has 0 radical (unpaired) electrons. The van der Waals surface area contributed by atoms with E-state index in [1.54, 1.807) is 13.0 Å². The molecule has 2 heterocycles. The van der Waals surface area contributed by atoms with Gasteiger partial charge in [-0.15, -0.1) is 0 Å². The Hall–Kier alpha value is -2.50. The maximum absolute atomic E-state index is 13.4. The van der Waals surface area contributed by atoms with E-state index in [1.807, 2.05) is 35.2 Å². The van der Waals surface area contributed by atoms with Crippen molar-refractivity contribution in [1.82, 2.24) is 14.8 Å². The Morgan fingerprint density at radius 2 is 1.79 bits per heavy atom. The third-order valence-corrected chi connectivity index (χ3v) is 5.43. The molecule has 0 bridgehead atoms. The van der Waals surface area contributed by atoms with E-state index < -0.39 is 0 Å². The average molecular weight is 398 g/mol. The third-order valence-electron chi connectivity index (χ3n) is 5.18. The van der Waals surface area contributed by atoms with Gasteiger partial charge in [0.05, 0.1) is 16.8 Å². The van der Waals surface area contributed by atoms with Gasteiger partial charge in [-0.05, 0) is 42.8 Å². The summed E-state index contributed by atoms with van der Waals surface area (Å²) < 4.78 is 13.4. The Labute approximate surface area is 168 Å².